The number of ether oxygens (including phenoxy) is 1. The van der Waals surface area contributed by atoms with Gasteiger partial charge in [-0.1, -0.05) is 0 Å². The van der Waals surface area contributed by atoms with Gasteiger partial charge in [0.15, 0.2) is 0 Å². The van der Waals surface area contributed by atoms with Crippen molar-refractivity contribution in [1.29, 1.82) is 0 Å². The van der Waals surface area contributed by atoms with Gasteiger partial charge >= 0.3 is 7.12 Å². The Morgan fingerprint density at radius 3 is 2.40 bits per heavy atom. The molecule has 0 aromatic carbocycles. The minimum absolute atomic E-state index is 0.293. The van der Waals surface area contributed by atoms with E-state index >= 15 is 0 Å². The molecule has 0 unspecified atom stereocenters. The molecule has 20 heavy (non-hydrogen) atoms. The molecule has 108 valence electrons. The lowest BCUT2D eigenvalue weighted by Gasteiger charge is -2.32. The third-order valence-electron chi connectivity index (χ3n) is 4.24. The first-order chi connectivity index (χ1) is 9.28. The summed E-state index contributed by atoms with van der Waals surface area (Å²) in [6, 6.07) is 1.78. The van der Waals surface area contributed by atoms with Crippen LogP contribution < -0.4 is 15.9 Å². The Morgan fingerprint density at radius 2 is 1.85 bits per heavy atom. The largest absolute Gasteiger partial charge is 0.498 e. The quantitative estimate of drug-likeness (QED) is 0.847. The van der Waals surface area contributed by atoms with Gasteiger partial charge in [0, 0.05) is 5.46 Å². The summed E-state index contributed by atoms with van der Waals surface area (Å²) in [4.78, 5) is 4.11. The maximum Gasteiger partial charge on any atom is 0.498 e. The maximum atomic E-state index is 6.06. The molecule has 0 atom stereocenters. The summed E-state index contributed by atoms with van der Waals surface area (Å²) in [5.74, 6) is 1.15. The lowest BCUT2D eigenvalue weighted by Crippen LogP contribution is -2.41. The number of aromatic nitrogens is 1. The van der Waals surface area contributed by atoms with E-state index in [-0.39, 0.29) is 11.2 Å². The van der Waals surface area contributed by atoms with Gasteiger partial charge < -0.3 is 19.8 Å². The van der Waals surface area contributed by atoms with Crippen molar-refractivity contribution in [2.75, 3.05) is 5.73 Å². The fourth-order valence-electron chi connectivity index (χ4n) is 2.09. The molecule has 0 radical (unpaired) electrons. The molecule has 0 spiro atoms. The maximum absolute atomic E-state index is 6.06. The number of hydrogen-bond acceptors (Lipinski definition) is 5. The number of hydrogen-bond donors (Lipinski definition) is 1. The first-order valence-electron chi connectivity index (χ1n) is 7.06. The predicted octanol–water partition coefficient (Wildman–Crippen LogP) is 1.50. The molecule has 1 saturated carbocycles. The molecule has 6 heteroatoms. The molecule has 1 aliphatic carbocycles. The van der Waals surface area contributed by atoms with E-state index in [2.05, 4.69) is 4.98 Å². The van der Waals surface area contributed by atoms with E-state index in [1.54, 1.807) is 12.3 Å². The second-order valence-electron chi connectivity index (χ2n) is 6.55. The SMILES string of the molecule is CC1(C)OB(c2cc(N)ncc2OC2CC2)OC1(C)C. The van der Waals surface area contributed by atoms with Crippen LogP contribution in [0.3, 0.4) is 0 Å². The first kappa shape index (κ1) is 13.7. The zero-order chi connectivity index (χ0) is 14.5. The zero-order valence-electron chi connectivity index (χ0n) is 12.5. The summed E-state index contributed by atoms with van der Waals surface area (Å²) < 4.78 is 18.0. The highest BCUT2D eigenvalue weighted by Crippen LogP contribution is 2.37. The van der Waals surface area contributed by atoms with Gasteiger partial charge in [-0.05, 0) is 46.6 Å². The number of nitrogen functional groups attached to an aromatic ring is 1. The summed E-state index contributed by atoms with van der Waals surface area (Å²) in [5, 5.41) is 0. The van der Waals surface area contributed by atoms with Crippen molar-refractivity contribution in [3.05, 3.63) is 12.3 Å². The summed E-state index contributed by atoms with van der Waals surface area (Å²) in [7, 11) is -0.473. The van der Waals surface area contributed by atoms with E-state index in [1.165, 1.54) is 0 Å². The molecule has 2 heterocycles. The Labute approximate surface area is 119 Å². The number of nitrogens with two attached hydrogens (primary N) is 1. The van der Waals surface area contributed by atoms with Crippen molar-refractivity contribution in [3.8, 4) is 5.75 Å². The number of nitrogens with zero attached hydrogens (tertiary/aromatic N) is 1. The van der Waals surface area contributed by atoms with Crippen LogP contribution in [0.15, 0.2) is 12.3 Å². The van der Waals surface area contributed by atoms with Crippen LogP contribution in [0.1, 0.15) is 40.5 Å². The van der Waals surface area contributed by atoms with E-state index < -0.39 is 7.12 Å². The zero-order valence-corrected chi connectivity index (χ0v) is 12.5. The Hall–Kier alpha value is -1.27. The van der Waals surface area contributed by atoms with Crippen LogP contribution >= 0.6 is 0 Å². The third kappa shape index (κ3) is 2.38. The van der Waals surface area contributed by atoms with Gasteiger partial charge in [0.25, 0.3) is 0 Å². The molecule has 5 nitrogen and oxygen atoms in total. The van der Waals surface area contributed by atoms with E-state index in [1.807, 2.05) is 27.7 Å². The van der Waals surface area contributed by atoms with Gasteiger partial charge in [-0.15, -0.1) is 0 Å². The number of rotatable bonds is 3. The van der Waals surface area contributed by atoms with Crippen molar-refractivity contribution in [3.63, 3.8) is 0 Å². The molecule has 1 aromatic rings. The Morgan fingerprint density at radius 1 is 1.25 bits per heavy atom. The topological polar surface area (TPSA) is 66.6 Å². The predicted molar refractivity (Wildman–Crippen MR) is 78.0 cm³/mol. The van der Waals surface area contributed by atoms with Crippen LogP contribution in [0.4, 0.5) is 5.82 Å². The Kier molecular flexibility index (Phi) is 2.99. The van der Waals surface area contributed by atoms with E-state index in [4.69, 9.17) is 19.8 Å². The molecule has 0 bridgehead atoms. The summed E-state index contributed by atoms with van der Waals surface area (Å²) in [6.07, 6.45) is 4.13. The summed E-state index contributed by atoms with van der Waals surface area (Å²) in [5.41, 5.74) is 5.86. The average molecular weight is 276 g/mol. The monoisotopic (exact) mass is 276 g/mol. The standard InChI is InChI=1S/C14H21BN2O3/c1-13(2)14(3,4)20-15(19-13)10-7-12(16)17-8-11(10)18-9-5-6-9/h7-9H,5-6H2,1-4H3,(H2,16,17). The molecule has 1 aliphatic heterocycles. The van der Waals surface area contributed by atoms with Crippen LogP contribution in [0.5, 0.6) is 5.75 Å². The van der Waals surface area contributed by atoms with Crippen LogP contribution in [0.25, 0.3) is 0 Å². The highest BCUT2D eigenvalue weighted by atomic mass is 16.7. The minimum Gasteiger partial charge on any atom is -0.489 e. The third-order valence-corrected chi connectivity index (χ3v) is 4.24. The Bertz CT molecular complexity index is 513. The van der Waals surface area contributed by atoms with Gasteiger partial charge in [0.1, 0.15) is 11.6 Å². The molecule has 2 N–H and O–H groups in total. The minimum atomic E-state index is -0.473. The fourth-order valence-corrected chi connectivity index (χ4v) is 2.09. The van der Waals surface area contributed by atoms with Crippen molar-refractivity contribution < 1.29 is 14.0 Å². The van der Waals surface area contributed by atoms with E-state index in [0.717, 1.165) is 18.3 Å². The van der Waals surface area contributed by atoms with Crippen LogP contribution in [0, 0.1) is 0 Å². The highest BCUT2D eigenvalue weighted by Gasteiger charge is 2.52. The number of pyridine rings is 1. The van der Waals surface area contributed by atoms with Gasteiger partial charge in [-0.2, -0.15) is 0 Å². The lowest BCUT2D eigenvalue weighted by atomic mass is 9.79. The molecule has 1 aromatic heterocycles. The smallest absolute Gasteiger partial charge is 0.489 e. The van der Waals surface area contributed by atoms with Crippen LogP contribution in [0.2, 0.25) is 0 Å². The van der Waals surface area contributed by atoms with Crippen molar-refractivity contribution in [1.82, 2.24) is 4.98 Å². The van der Waals surface area contributed by atoms with Crippen molar-refractivity contribution in [2.45, 2.75) is 57.8 Å². The molecule has 0 amide bonds. The van der Waals surface area contributed by atoms with Crippen LogP contribution in [-0.2, 0) is 9.31 Å². The first-order valence-corrected chi connectivity index (χ1v) is 7.06. The van der Waals surface area contributed by atoms with Gasteiger partial charge in [-0.25, -0.2) is 4.98 Å². The molecule has 3 rings (SSSR count). The second kappa shape index (κ2) is 4.36. The fraction of sp³-hybridized carbons (Fsp3) is 0.643. The molecule has 2 fully saturated rings. The average Bonchev–Trinajstić information content (AvgIpc) is 3.10. The second-order valence-corrected chi connectivity index (χ2v) is 6.55. The normalized spacial score (nSPS) is 23.9. The van der Waals surface area contributed by atoms with Crippen molar-refractivity contribution >= 4 is 18.4 Å². The van der Waals surface area contributed by atoms with Gasteiger partial charge in [0.05, 0.1) is 23.5 Å². The van der Waals surface area contributed by atoms with Crippen molar-refractivity contribution in [2.24, 2.45) is 0 Å². The van der Waals surface area contributed by atoms with Crippen LogP contribution in [-0.4, -0.2) is 29.4 Å². The molecule has 1 saturated heterocycles. The van der Waals surface area contributed by atoms with Gasteiger partial charge in [-0.3, -0.25) is 0 Å². The molecular formula is C14H21BN2O3. The highest BCUT2D eigenvalue weighted by molar-refractivity contribution is 6.63. The lowest BCUT2D eigenvalue weighted by molar-refractivity contribution is 0.00578. The summed E-state index contributed by atoms with van der Waals surface area (Å²) >= 11 is 0. The van der Waals surface area contributed by atoms with E-state index in [0.29, 0.717) is 17.7 Å². The Balaban J connectivity index is 1.91. The molecular weight excluding hydrogens is 255 g/mol. The van der Waals surface area contributed by atoms with Gasteiger partial charge in [0.2, 0.25) is 0 Å². The summed E-state index contributed by atoms with van der Waals surface area (Å²) in [6.45, 7) is 8.11. The van der Waals surface area contributed by atoms with E-state index in [9.17, 15) is 0 Å². The molecule has 2 aliphatic rings. The number of anilines is 1.